The summed E-state index contributed by atoms with van der Waals surface area (Å²) in [5.41, 5.74) is 0.778. The molecule has 4 N–H and O–H groups in total. The largest absolute Gasteiger partial charge is 0.506 e. The first-order valence-corrected chi connectivity index (χ1v) is 6.84. The zero-order valence-electron chi connectivity index (χ0n) is 12.1. The molecule has 0 saturated heterocycles. The van der Waals surface area contributed by atoms with Gasteiger partial charge in [-0.2, -0.15) is 0 Å². The number of halogens is 1. The van der Waals surface area contributed by atoms with Crippen LogP contribution in [0.3, 0.4) is 0 Å². The summed E-state index contributed by atoms with van der Waals surface area (Å²) >= 11 is 0. The number of aliphatic hydroxyl groups is 1. The number of benzene rings is 1. The number of fused-ring (bicyclic) bond motifs is 1. The third-order valence-corrected chi connectivity index (χ3v) is 3.51. The van der Waals surface area contributed by atoms with E-state index in [0.717, 1.165) is 13.0 Å². The molecular weight excluding hydrogens is 292 g/mol. The molecule has 0 spiro atoms. The van der Waals surface area contributed by atoms with Gasteiger partial charge in [0.15, 0.2) is 0 Å². The zero-order valence-corrected chi connectivity index (χ0v) is 12.9. The Morgan fingerprint density at radius 2 is 1.95 bits per heavy atom. The Bertz CT molecular complexity index is 657. The molecule has 0 amide bonds. The number of phenolic OH excluding ortho intramolecular Hbond substituents is 1. The van der Waals surface area contributed by atoms with Crippen molar-refractivity contribution < 1.29 is 10.2 Å². The van der Waals surface area contributed by atoms with E-state index in [9.17, 15) is 15.0 Å². The smallest absolute Gasteiger partial charge is 0.248 e. The maximum atomic E-state index is 11.4. The van der Waals surface area contributed by atoms with E-state index in [2.05, 4.69) is 10.3 Å². The number of hydrogen-bond donors (Lipinski definition) is 4. The molecular formula is C15H21ClN2O3. The summed E-state index contributed by atoms with van der Waals surface area (Å²) in [6.07, 6.45) is 0.0785. The summed E-state index contributed by atoms with van der Waals surface area (Å²) in [4.78, 5) is 14.0. The van der Waals surface area contributed by atoms with E-state index >= 15 is 0 Å². The number of aromatic hydroxyl groups is 1. The lowest BCUT2D eigenvalue weighted by molar-refractivity contribution is 0.128. The number of phenols is 1. The second-order valence-corrected chi connectivity index (χ2v) is 4.80. The van der Waals surface area contributed by atoms with Gasteiger partial charge in [0.1, 0.15) is 5.75 Å². The molecule has 2 atom stereocenters. The predicted molar refractivity (Wildman–Crippen MR) is 86.2 cm³/mol. The van der Waals surface area contributed by atoms with E-state index < -0.39 is 6.10 Å². The zero-order chi connectivity index (χ0) is 14.7. The van der Waals surface area contributed by atoms with Crippen molar-refractivity contribution in [1.82, 2.24) is 10.3 Å². The van der Waals surface area contributed by atoms with Crippen LogP contribution >= 0.6 is 12.4 Å². The normalized spacial score (nSPS) is 13.7. The van der Waals surface area contributed by atoms with Crippen LogP contribution in [0.15, 0.2) is 29.1 Å². The molecule has 21 heavy (non-hydrogen) atoms. The molecule has 0 fully saturated rings. The number of likely N-dealkylation sites (N-methyl/N-ethyl adjacent to an activating group) is 1. The number of aromatic nitrogens is 1. The van der Waals surface area contributed by atoms with Gasteiger partial charge in [0.05, 0.1) is 11.6 Å². The average molecular weight is 313 g/mol. The quantitative estimate of drug-likeness (QED) is 0.681. The van der Waals surface area contributed by atoms with E-state index in [1.165, 1.54) is 12.1 Å². The Morgan fingerprint density at radius 1 is 1.24 bits per heavy atom. The molecule has 1 heterocycles. The molecule has 5 nitrogen and oxygen atoms in total. The highest BCUT2D eigenvalue weighted by atomic mass is 35.5. The molecule has 2 rings (SSSR count). The minimum Gasteiger partial charge on any atom is -0.506 e. The standard InChI is InChI=1S/C15H20N2O3.ClH/c1-3-11(16-4-2)15(20)10-5-7-12(18)14-9(10)6-8-13(19)17-14;/h5-8,11,15-16,18,20H,3-4H2,1-2H3,(H,17,19);1H. The highest BCUT2D eigenvalue weighted by molar-refractivity contribution is 5.87. The fraction of sp³-hybridized carbons (Fsp3) is 0.400. The Kier molecular flexibility index (Phi) is 6.20. The van der Waals surface area contributed by atoms with Crippen LogP contribution in [0.4, 0.5) is 0 Å². The van der Waals surface area contributed by atoms with Crippen molar-refractivity contribution in [3.05, 3.63) is 40.2 Å². The number of aliphatic hydroxyl groups excluding tert-OH is 1. The van der Waals surface area contributed by atoms with E-state index in [1.54, 1.807) is 12.1 Å². The van der Waals surface area contributed by atoms with Crippen LogP contribution < -0.4 is 10.9 Å². The Morgan fingerprint density at radius 3 is 2.57 bits per heavy atom. The SMILES string of the molecule is CCNC(CC)C(O)c1ccc(O)c2[nH]c(=O)ccc12.Cl. The monoisotopic (exact) mass is 312 g/mol. The van der Waals surface area contributed by atoms with Crippen molar-refractivity contribution in [3.8, 4) is 5.75 Å². The minimum absolute atomic E-state index is 0. The van der Waals surface area contributed by atoms with Crippen molar-refractivity contribution in [3.63, 3.8) is 0 Å². The number of nitrogens with one attached hydrogen (secondary N) is 2. The second-order valence-electron chi connectivity index (χ2n) is 4.80. The number of rotatable bonds is 5. The Balaban J connectivity index is 0.00000220. The maximum absolute atomic E-state index is 11.4. The number of hydrogen-bond acceptors (Lipinski definition) is 4. The summed E-state index contributed by atoms with van der Waals surface area (Å²) in [5, 5.41) is 24.3. The van der Waals surface area contributed by atoms with Crippen LogP contribution in [-0.4, -0.2) is 27.8 Å². The molecule has 116 valence electrons. The molecule has 2 unspecified atom stereocenters. The van der Waals surface area contributed by atoms with Crippen LogP contribution in [0.5, 0.6) is 5.75 Å². The van der Waals surface area contributed by atoms with Gasteiger partial charge in [0.25, 0.3) is 0 Å². The van der Waals surface area contributed by atoms with Crippen molar-refractivity contribution in [2.24, 2.45) is 0 Å². The molecule has 0 aliphatic heterocycles. The summed E-state index contributed by atoms with van der Waals surface area (Å²) < 4.78 is 0. The van der Waals surface area contributed by atoms with Gasteiger partial charge in [0, 0.05) is 17.5 Å². The number of pyridine rings is 1. The van der Waals surface area contributed by atoms with Crippen LogP contribution in [-0.2, 0) is 0 Å². The highest BCUT2D eigenvalue weighted by Gasteiger charge is 2.21. The molecule has 2 aromatic rings. The summed E-state index contributed by atoms with van der Waals surface area (Å²) in [7, 11) is 0. The topological polar surface area (TPSA) is 85.3 Å². The average Bonchev–Trinajstić information content (AvgIpc) is 2.45. The minimum atomic E-state index is -0.700. The second kappa shape index (κ2) is 7.45. The molecule has 0 bridgehead atoms. The van der Waals surface area contributed by atoms with Crippen LogP contribution in [0.1, 0.15) is 31.9 Å². The third-order valence-electron chi connectivity index (χ3n) is 3.51. The van der Waals surface area contributed by atoms with Crippen molar-refractivity contribution in [2.45, 2.75) is 32.4 Å². The van der Waals surface area contributed by atoms with E-state index in [-0.39, 0.29) is 29.8 Å². The fourth-order valence-electron chi connectivity index (χ4n) is 2.48. The van der Waals surface area contributed by atoms with Gasteiger partial charge in [-0.1, -0.05) is 19.9 Å². The Hall–Kier alpha value is -1.56. The lowest BCUT2D eigenvalue weighted by Crippen LogP contribution is -2.34. The number of H-pyrrole nitrogens is 1. The summed E-state index contributed by atoms with van der Waals surface area (Å²) in [6, 6.07) is 6.15. The Labute approximate surface area is 129 Å². The van der Waals surface area contributed by atoms with Gasteiger partial charge < -0.3 is 20.5 Å². The molecule has 0 aliphatic rings. The maximum Gasteiger partial charge on any atom is 0.248 e. The lowest BCUT2D eigenvalue weighted by atomic mass is 9.96. The first-order chi connectivity index (χ1) is 9.58. The van der Waals surface area contributed by atoms with E-state index in [4.69, 9.17) is 0 Å². The number of aromatic amines is 1. The van der Waals surface area contributed by atoms with Gasteiger partial charge in [-0.25, -0.2) is 0 Å². The third kappa shape index (κ3) is 3.56. The van der Waals surface area contributed by atoms with Crippen LogP contribution in [0.25, 0.3) is 10.9 Å². The van der Waals surface area contributed by atoms with Crippen LogP contribution in [0.2, 0.25) is 0 Å². The molecule has 0 radical (unpaired) electrons. The van der Waals surface area contributed by atoms with Gasteiger partial charge in [-0.05, 0) is 30.7 Å². The summed E-state index contributed by atoms with van der Waals surface area (Å²) in [6.45, 7) is 4.76. The predicted octanol–water partition coefficient (Wildman–Crippen LogP) is 2.08. The molecule has 1 aromatic carbocycles. The molecule has 0 saturated carbocycles. The van der Waals surface area contributed by atoms with Gasteiger partial charge in [-0.15, -0.1) is 12.4 Å². The van der Waals surface area contributed by atoms with Crippen molar-refractivity contribution >= 4 is 23.3 Å². The van der Waals surface area contributed by atoms with E-state index in [0.29, 0.717) is 16.5 Å². The summed E-state index contributed by atoms with van der Waals surface area (Å²) in [5.74, 6) is 0.00477. The molecule has 6 heteroatoms. The van der Waals surface area contributed by atoms with Crippen LogP contribution in [0, 0.1) is 0 Å². The van der Waals surface area contributed by atoms with Gasteiger partial charge >= 0.3 is 0 Å². The van der Waals surface area contributed by atoms with Gasteiger partial charge in [0.2, 0.25) is 5.56 Å². The highest BCUT2D eigenvalue weighted by Crippen LogP contribution is 2.30. The first-order valence-electron chi connectivity index (χ1n) is 6.84. The molecule has 1 aromatic heterocycles. The van der Waals surface area contributed by atoms with Gasteiger partial charge in [-0.3, -0.25) is 4.79 Å². The molecule has 0 aliphatic carbocycles. The van der Waals surface area contributed by atoms with Crippen molar-refractivity contribution in [1.29, 1.82) is 0 Å². The fourth-order valence-corrected chi connectivity index (χ4v) is 2.48. The van der Waals surface area contributed by atoms with E-state index in [1.807, 2.05) is 13.8 Å². The first kappa shape index (κ1) is 17.5. The van der Waals surface area contributed by atoms with Crippen molar-refractivity contribution in [2.75, 3.05) is 6.54 Å². The lowest BCUT2D eigenvalue weighted by Gasteiger charge is -2.24.